The maximum absolute atomic E-state index is 5.31. The zero-order chi connectivity index (χ0) is 6.97. The Kier molecular flexibility index (Phi) is 0.858. The number of hydrogen-bond donors (Lipinski definition) is 2. The number of fused-ring (bicyclic) bond motifs is 1. The van der Waals surface area contributed by atoms with Crippen LogP contribution in [0, 0.1) is 0 Å². The first kappa shape index (κ1) is 5.16. The molecule has 10 heavy (non-hydrogen) atoms. The van der Waals surface area contributed by atoms with Crippen molar-refractivity contribution in [2.24, 2.45) is 0 Å². The van der Waals surface area contributed by atoms with E-state index in [0.29, 0.717) is 5.65 Å². The van der Waals surface area contributed by atoms with Gasteiger partial charge in [0.1, 0.15) is 0 Å². The zero-order valence-corrected chi connectivity index (χ0v) is 5.07. The monoisotopic (exact) mass is 135 g/mol. The summed E-state index contributed by atoms with van der Waals surface area (Å²) >= 11 is 0. The Morgan fingerprint density at radius 1 is 1.40 bits per heavy atom. The van der Waals surface area contributed by atoms with Gasteiger partial charge in [-0.05, 0) is 0 Å². The maximum Gasteiger partial charge on any atom is 0.222 e. The largest absolute Gasteiger partial charge is 0.368 e. The lowest BCUT2D eigenvalue weighted by molar-refractivity contribution is 1.09. The van der Waals surface area contributed by atoms with Crippen LogP contribution in [0.5, 0.6) is 0 Å². The highest BCUT2D eigenvalue weighted by molar-refractivity contribution is 5.73. The van der Waals surface area contributed by atoms with Crippen molar-refractivity contribution in [1.82, 2.24) is 20.2 Å². The highest BCUT2D eigenvalue weighted by Crippen LogP contribution is 2.05. The Bertz CT molecular complexity index is 352. The number of nitrogens with one attached hydrogen (secondary N) is 1. The van der Waals surface area contributed by atoms with Gasteiger partial charge in [0.15, 0.2) is 5.65 Å². The van der Waals surface area contributed by atoms with E-state index in [0.717, 1.165) is 5.39 Å². The van der Waals surface area contributed by atoms with Gasteiger partial charge in [-0.25, -0.2) is 4.98 Å². The summed E-state index contributed by atoms with van der Waals surface area (Å²) in [5, 5.41) is 7.31. The number of rotatable bonds is 0. The van der Waals surface area contributed by atoms with E-state index in [9.17, 15) is 0 Å². The second-order valence-corrected chi connectivity index (χ2v) is 1.90. The molecule has 0 radical (unpaired) electrons. The van der Waals surface area contributed by atoms with Crippen molar-refractivity contribution in [3.8, 4) is 0 Å². The fraction of sp³-hybridized carbons (Fsp3) is 0. The molecule has 2 aromatic heterocycles. The third-order valence-electron chi connectivity index (χ3n) is 1.21. The molecule has 0 aromatic carbocycles. The number of aromatic nitrogens is 4. The molecule has 0 aliphatic rings. The van der Waals surface area contributed by atoms with E-state index in [1.165, 1.54) is 0 Å². The molecule has 5 heteroatoms. The molecule has 2 rings (SSSR count). The fourth-order valence-corrected chi connectivity index (χ4v) is 0.752. The van der Waals surface area contributed by atoms with Crippen molar-refractivity contribution < 1.29 is 0 Å². The molecule has 0 aliphatic heterocycles. The lowest BCUT2D eigenvalue weighted by atomic mass is 10.4. The molecule has 0 bridgehead atoms. The van der Waals surface area contributed by atoms with Crippen molar-refractivity contribution in [3.63, 3.8) is 0 Å². The molecule has 50 valence electrons. The summed E-state index contributed by atoms with van der Waals surface area (Å²) in [5.74, 6) is 0.261. The number of nitrogens with zero attached hydrogens (tertiary/aromatic N) is 3. The Morgan fingerprint density at radius 3 is 3.20 bits per heavy atom. The van der Waals surface area contributed by atoms with Crippen LogP contribution in [-0.4, -0.2) is 20.2 Å². The van der Waals surface area contributed by atoms with E-state index in [1.807, 2.05) is 0 Å². The first-order chi connectivity index (χ1) is 4.86. The van der Waals surface area contributed by atoms with Crippen LogP contribution in [0.3, 0.4) is 0 Å². The van der Waals surface area contributed by atoms with Crippen LogP contribution in [0.1, 0.15) is 0 Å². The molecule has 0 fully saturated rings. The molecule has 0 amide bonds. The Morgan fingerprint density at radius 2 is 2.30 bits per heavy atom. The van der Waals surface area contributed by atoms with Crippen LogP contribution in [-0.2, 0) is 0 Å². The molecule has 0 aliphatic carbocycles. The van der Waals surface area contributed by atoms with E-state index in [4.69, 9.17) is 5.73 Å². The minimum Gasteiger partial charge on any atom is -0.368 e. The van der Waals surface area contributed by atoms with E-state index in [1.54, 1.807) is 12.4 Å². The van der Waals surface area contributed by atoms with Crippen molar-refractivity contribution in [2.45, 2.75) is 0 Å². The predicted octanol–water partition coefficient (Wildman–Crippen LogP) is -0.0649. The van der Waals surface area contributed by atoms with E-state index < -0.39 is 0 Å². The first-order valence-corrected chi connectivity index (χ1v) is 2.78. The molecule has 5 nitrogen and oxygen atoms in total. The molecular weight excluding hydrogens is 130 g/mol. The minimum absolute atomic E-state index is 0.261. The Labute approximate surface area is 56.3 Å². The summed E-state index contributed by atoms with van der Waals surface area (Å²) in [6, 6.07) is 0. The van der Waals surface area contributed by atoms with Gasteiger partial charge in [-0.15, -0.1) is 0 Å². The number of H-pyrrole nitrogens is 1. The highest BCUT2D eigenvalue weighted by Gasteiger charge is 1.95. The fourth-order valence-electron chi connectivity index (χ4n) is 0.752. The van der Waals surface area contributed by atoms with E-state index >= 15 is 0 Å². The van der Waals surface area contributed by atoms with Gasteiger partial charge in [0.2, 0.25) is 5.95 Å². The second-order valence-electron chi connectivity index (χ2n) is 1.90. The lowest BCUT2D eigenvalue weighted by Crippen LogP contribution is -1.92. The standard InChI is InChI=1S/C5H5N5/c6-5-7-1-3-2-8-10-4(3)9-5/h1-2H,(H3,6,7,8,9,10). The van der Waals surface area contributed by atoms with Crippen molar-refractivity contribution >= 4 is 17.0 Å². The van der Waals surface area contributed by atoms with Crippen LogP contribution >= 0.6 is 0 Å². The Hall–Kier alpha value is -1.65. The van der Waals surface area contributed by atoms with Gasteiger partial charge in [0.05, 0.1) is 11.6 Å². The summed E-state index contributed by atoms with van der Waals surface area (Å²) in [4.78, 5) is 7.67. The van der Waals surface area contributed by atoms with E-state index in [2.05, 4.69) is 20.2 Å². The summed E-state index contributed by atoms with van der Waals surface area (Å²) in [6.45, 7) is 0. The van der Waals surface area contributed by atoms with Gasteiger partial charge in [0, 0.05) is 6.20 Å². The third-order valence-corrected chi connectivity index (χ3v) is 1.21. The van der Waals surface area contributed by atoms with Crippen molar-refractivity contribution in [1.29, 1.82) is 0 Å². The van der Waals surface area contributed by atoms with Crippen LogP contribution in [0.15, 0.2) is 12.4 Å². The smallest absolute Gasteiger partial charge is 0.222 e. The SMILES string of the molecule is Nc1ncc2cn[nH]c2n1. The average Bonchev–Trinajstić information content (AvgIpc) is 2.33. The lowest BCUT2D eigenvalue weighted by Gasteiger charge is -1.87. The molecule has 0 unspecified atom stereocenters. The van der Waals surface area contributed by atoms with Gasteiger partial charge >= 0.3 is 0 Å². The highest BCUT2D eigenvalue weighted by atomic mass is 15.2. The van der Waals surface area contributed by atoms with E-state index in [-0.39, 0.29) is 5.95 Å². The Balaban J connectivity index is 2.86. The van der Waals surface area contributed by atoms with Crippen LogP contribution < -0.4 is 5.73 Å². The molecular formula is C5H5N5. The number of nitrogen functional groups attached to an aromatic ring is 1. The number of anilines is 1. The van der Waals surface area contributed by atoms with Crippen molar-refractivity contribution in [2.75, 3.05) is 5.73 Å². The molecule has 0 saturated carbocycles. The number of aromatic amines is 1. The zero-order valence-electron chi connectivity index (χ0n) is 5.07. The summed E-state index contributed by atoms with van der Waals surface area (Å²) < 4.78 is 0. The van der Waals surface area contributed by atoms with Gasteiger partial charge in [0.25, 0.3) is 0 Å². The summed E-state index contributed by atoms with van der Waals surface area (Å²) in [6.07, 6.45) is 3.27. The second kappa shape index (κ2) is 1.66. The molecule has 0 atom stereocenters. The number of nitrogens with two attached hydrogens (primary N) is 1. The third kappa shape index (κ3) is 0.604. The van der Waals surface area contributed by atoms with Crippen LogP contribution in [0.25, 0.3) is 11.0 Å². The van der Waals surface area contributed by atoms with Gasteiger partial charge < -0.3 is 5.73 Å². The topological polar surface area (TPSA) is 80.5 Å². The summed E-state index contributed by atoms with van der Waals surface area (Å²) in [7, 11) is 0. The van der Waals surface area contributed by atoms with Crippen LogP contribution in [0.4, 0.5) is 5.95 Å². The molecule has 0 saturated heterocycles. The normalized spacial score (nSPS) is 10.4. The summed E-state index contributed by atoms with van der Waals surface area (Å²) in [5.41, 5.74) is 5.99. The number of hydrogen-bond acceptors (Lipinski definition) is 4. The molecule has 2 heterocycles. The van der Waals surface area contributed by atoms with Crippen molar-refractivity contribution in [3.05, 3.63) is 12.4 Å². The van der Waals surface area contributed by atoms with Crippen LogP contribution in [0.2, 0.25) is 0 Å². The average molecular weight is 135 g/mol. The minimum atomic E-state index is 0.261. The molecule has 3 N–H and O–H groups in total. The van der Waals surface area contributed by atoms with Gasteiger partial charge in [-0.2, -0.15) is 10.1 Å². The molecule has 0 spiro atoms. The predicted molar refractivity (Wildman–Crippen MR) is 36.1 cm³/mol. The molecule has 2 aromatic rings. The first-order valence-electron chi connectivity index (χ1n) is 2.78. The van der Waals surface area contributed by atoms with Gasteiger partial charge in [-0.3, -0.25) is 5.10 Å². The van der Waals surface area contributed by atoms with Gasteiger partial charge in [-0.1, -0.05) is 0 Å². The quantitative estimate of drug-likeness (QED) is 0.530. The maximum atomic E-state index is 5.31.